The lowest BCUT2D eigenvalue weighted by Gasteiger charge is -1.97. The molecule has 0 amide bonds. The first-order valence-electron chi connectivity index (χ1n) is 4.15. The van der Waals surface area contributed by atoms with Gasteiger partial charge >= 0.3 is 5.97 Å². The summed E-state index contributed by atoms with van der Waals surface area (Å²) in [5.74, 6) is -0.573. The van der Waals surface area contributed by atoms with Crippen LogP contribution in [0, 0.1) is 0 Å². The van der Waals surface area contributed by atoms with E-state index in [0.717, 1.165) is 5.56 Å². The minimum atomic E-state index is -0.974. The Morgan fingerprint density at radius 3 is 2.50 bits per heavy atom. The maximum Gasteiger partial charge on any atom is 0.339 e. The van der Waals surface area contributed by atoms with Gasteiger partial charge in [-0.15, -0.1) is 0 Å². The smallest absolute Gasteiger partial charge is 0.339 e. The summed E-state index contributed by atoms with van der Waals surface area (Å²) in [6, 6.07) is 10.6. The molecule has 1 heterocycles. The summed E-state index contributed by atoms with van der Waals surface area (Å²) in [4.78, 5) is 10.8. The highest BCUT2D eigenvalue weighted by Gasteiger charge is 2.14. The zero-order valence-corrected chi connectivity index (χ0v) is 7.31. The van der Waals surface area contributed by atoms with Gasteiger partial charge in [0.1, 0.15) is 11.3 Å². The summed E-state index contributed by atoms with van der Waals surface area (Å²) >= 11 is 0. The standard InChI is InChI=1S/C11H8O3/c12-11(13)9-6-7-14-10(9)8-4-2-1-3-5-8/h1-7H,(H,12,13). The molecule has 0 aliphatic carbocycles. The topological polar surface area (TPSA) is 50.4 Å². The van der Waals surface area contributed by atoms with Crippen LogP contribution in [0.2, 0.25) is 0 Å². The molecule has 1 N–H and O–H groups in total. The van der Waals surface area contributed by atoms with Gasteiger partial charge in [0.15, 0.2) is 0 Å². The Morgan fingerprint density at radius 2 is 1.86 bits per heavy atom. The maximum absolute atomic E-state index is 10.8. The fourth-order valence-corrected chi connectivity index (χ4v) is 1.29. The summed E-state index contributed by atoms with van der Waals surface area (Å²) in [6.45, 7) is 0. The van der Waals surface area contributed by atoms with E-state index in [9.17, 15) is 4.79 Å². The molecule has 0 atom stereocenters. The summed E-state index contributed by atoms with van der Waals surface area (Å²) in [7, 11) is 0. The lowest BCUT2D eigenvalue weighted by Crippen LogP contribution is -1.95. The monoisotopic (exact) mass is 188 g/mol. The number of aromatic carboxylic acids is 1. The number of rotatable bonds is 2. The van der Waals surface area contributed by atoms with E-state index in [4.69, 9.17) is 9.52 Å². The van der Waals surface area contributed by atoms with Crippen LogP contribution in [0.1, 0.15) is 10.4 Å². The average molecular weight is 188 g/mol. The first kappa shape index (κ1) is 8.56. The molecule has 0 radical (unpaired) electrons. The van der Waals surface area contributed by atoms with Gasteiger partial charge in [-0.3, -0.25) is 0 Å². The van der Waals surface area contributed by atoms with Crippen LogP contribution < -0.4 is 0 Å². The van der Waals surface area contributed by atoms with Crippen LogP contribution in [0.4, 0.5) is 0 Å². The number of benzene rings is 1. The predicted octanol–water partition coefficient (Wildman–Crippen LogP) is 2.64. The predicted molar refractivity (Wildman–Crippen MR) is 51.1 cm³/mol. The van der Waals surface area contributed by atoms with Gasteiger partial charge in [-0.1, -0.05) is 30.3 Å². The van der Waals surface area contributed by atoms with Crippen LogP contribution in [0.15, 0.2) is 47.1 Å². The molecule has 0 aliphatic heterocycles. The number of hydrogen-bond donors (Lipinski definition) is 1. The minimum Gasteiger partial charge on any atom is -0.478 e. The van der Waals surface area contributed by atoms with E-state index in [-0.39, 0.29) is 5.56 Å². The van der Waals surface area contributed by atoms with Gasteiger partial charge < -0.3 is 9.52 Å². The van der Waals surface area contributed by atoms with Crippen molar-refractivity contribution in [3.05, 3.63) is 48.2 Å². The maximum atomic E-state index is 10.8. The minimum absolute atomic E-state index is 0.191. The van der Waals surface area contributed by atoms with Crippen molar-refractivity contribution in [1.29, 1.82) is 0 Å². The second kappa shape index (κ2) is 3.38. The second-order valence-electron chi connectivity index (χ2n) is 2.83. The molecular weight excluding hydrogens is 180 g/mol. The molecule has 14 heavy (non-hydrogen) atoms. The molecule has 0 bridgehead atoms. The van der Waals surface area contributed by atoms with E-state index in [1.165, 1.54) is 12.3 Å². The van der Waals surface area contributed by atoms with Crippen molar-refractivity contribution in [1.82, 2.24) is 0 Å². The Hall–Kier alpha value is -2.03. The van der Waals surface area contributed by atoms with E-state index >= 15 is 0 Å². The van der Waals surface area contributed by atoms with Gasteiger partial charge in [0, 0.05) is 5.56 Å². The Morgan fingerprint density at radius 1 is 1.14 bits per heavy atom. The lowest BCUT2D eigenvalue weighted by atomic mass is 10.1. The van der Waals surface area contributed by atoms with E-state index in [0.29, 0.717) is 5.76 Å². The van der Waals surface area contributed by atoms with Crippen molar-refractivity contribution in [2.75, 3.05) is 0 Å². The highest BCUT2D eigenvalue weighted by Crippen LogP contribution is 2.24. The molecule has 0 unspecified atom stereocenters. The molecule has 0 saturated carbocycles. The molecule has 0 aliphatic rings. The van der Waals surface area contributed by atoms with E-state index in [2.05, 4.69) is 0 Å². The van der Waals surface area contributed by atoms with E-state index in [1.54, 1.807) is 0 Å². The molecule has 3 nitrogen and oxygen atoms in total. The van der Waals surface area contributed by atoms with Crippen LogP contribution in [-0.4, -0.2) is 11.1 Å². The normalized spacial score (nSPS) is 10.0. The number of carbonyl (C=O) groups is 1. The van der Waals surface area contributed by atoms with Gasteiger partial charge in [-0.2, -0.15) is 0 Å². The van der Waals surface area contributed by atoms with Crippen LogP contribution in [0.5, 0.6) is 0 Å². The van der Waals surface area contributed by atoms with Crippen LogP contribution in [-0.2, 0) is 0 Å². The zero-order chi connectivity index (χ0) is 9.97. The van der Waals surface area contributed by atoms with Gasteiger partial charge in [0.2, 0.25) is 0 Å². The quantitative estimate of drug-likeness (QED) is 0.788. The third-order valence-electron chi connectivity index (χ3n) is 1.93. The summed E-state index contributed by atoms with van der Waals surface area (Å²) in [5.41, 5.74) is 0.964. The first-order valence-corrected chi connectivity index (χ1v) is 4.15. The average Bonchev–Trinajstić information content (AvgIpc) is 2.67. The largest absolute Gasteiger partial charge is 0.478 e. The molecule has 2 aromatic rings. The zero-order valence-electron chi connectivity index (χ0n) is 7.31. The number of carboxylic acid groups (broad SMARTS) is 1. The molecule has 1 aromatic carbocycles. The van der Waals surface area contributed by atoms with Crippen molar-refractivity contribution in [3.8, 4) is 11.3 Å². The summed E-state index contributed by atoms with van der Waals surface area (Å²) < 4.78 is 5.13. The molecule has 1 aromatic heterocycles. The van der Waals surface area contributed by atoms with Crippen molar-refractivity contribution < 1.29 is 14.3 Å². The summed E-state index contributed by atoms with van der Waals surface area (Å²) in [5, 5.41) is 8.86. The Labute approximate surface area is 80.6 Å². The number of carboxylic acids is 1. The van der Waals surface area contributed by atoms with Crippen molar-refractivity contribution in [3.63, 3.8) is 0 Å². The second-order valence-corrected chi connectivity index (χ2v) is 2.83. The highest BCUT2D eigenvalue weighted by molar-refractivity contribution is 5.94. The molecule has 2 rings (SSSR count). The number of furan rings is 1. The van der Waals surface area contributed by atoms with E-state index < -0.39 is 5.97 Å². The molecular formula is C11H8O3. The molecule has 0 saturated heterocycles. The SMILES string of the molecule is O=C(O)c1ccoc1-c1ccccc1. The molecule has 0 spiro atoms. The van der Waals surface area contributed by atoms with Crippen LogP contribution in [0.25, 0.3) is 11.3 Å². The molecule has 3 heteroatoms. The third-order valence-corrected chi connectivity index (χ3v) is 1.93. The van der Waals surface area contributed by atoms with Crippen molar-refractivity contribution >= 4 is 5.97 Å². The fraction of sp³-hybridized carbons (Fsp3) is 0. The Balaban J connectivity index is 2.52. The van der Waals surface area contributed by atoms with Crippen LogP contribution >= 0.6 is 0 Å². The van der Waals surface area contributed by atoms with E-state index in [1.807, 2.05) is 30.3 Å². The Kier molecular flexibility index (Phi) is 2.07. The van der Waals surface area contributed by atoms with Gasteiger partial charge in [-0.25, -0.2) is 4.79 Å². The highest BCUT2D eigenvalue weighted by atomic mass is 16.4. The summed E-state index contributed by atoms with van der Waals surface area (Å²) in [6.07, 6.45) is 1.38. The fourth-order valence-electron chi connectivity index (χ4n) is 1.29. The molecule has 70 valence electrons. The Bertz CT molecular complexity index is 443. The third kappa shape index (κ3) is 1.40. The van der Waals surface area contributed by atoms with Gasteiger partial charge in [0.05, 0.1) is 6.26 Å². The van der Waals surface area contributed by atoms with Gasteiger partial charge in [-0.05, 0) is 6.07 Å². The van der Waals surface area contributed by atoms with Crippen molar-refractivity contribution in [2.45, 2.75) is 0 Å². The lowest BCUT2D eigenvalue weighted by molar-refractivity contribution is 0.0697. The molecule has 0 fully saturated rings. The first-order chi connectivity index (χ1) is 6.79. The number of hydrogen-bond acceptors (Lipinski definition) is 2. The van der Waals surface area contributed by atoms with Gasteiger partial charge in [0.25, 0.3) is 0 Å². The van der Waals surface area contributed by atoms with Crippen LogP contribution in [0.3, 0.4) is 0 Å². The van der Waals surface area contributed by atoms with Crippen molar-refractivity contribution in [2.24, 2.45) is 0 Å².